The summed E-state index contributed by atoms with van der Waals surface area (Å²) in [6.45, 7) is -0.118. The van der Waals surface area contributed by atoms with E-state index in [1.54, 1.807) is 4.98 Å². The zero-order chi connectivity index (χ0) is 12.6. The van der Waals surface area contributed by atoms with Crippen LogP contribution in [0.5, 0.6) is 0 Å². The average molecular weight is 246 g/mol. The highest BCUT2D eigenvalue weighted by molar-refractivity contribution is 4.98. The number of rotatable bonds is 3. The molecule has 0 aliphatic heterocycles. The Morgan fingerprint density at radius 1 is 1.53 bits per heavy atom. The molecule has 0 amide bonds. The molecule has 0 saturated heterocycles. The molecule has 1 unspecified atom stereocenters. The normalized spacial score (nSPS) is 27.8. The molecular formula is C10H12F2N2O3. The maximum atomic E-state index is 13.6. The van der Waals surface area contributed by atoms with Gasteiger partial charge in [-0.15, -0.1) is 0 Å². The number of aliphatic hydroxyl groups excluding tert-OH is 1. The minimum absolute atomic E-state index is 0.118. The Hall–Kier alpha value is -1.50. The molecule has 1 fully saturated rings. The van der Waals surface area contributed by atoms with Gasteiger partial charge in [-0.2, -0.15) is 4.39 Å². The molecule has 0 aromatic carbocycles. The van der Waals surface area contributed by atoms with Crippen molar-refractivity contribution in [3.8, 4) is 0 Å². The van der Waals surface area contributed by atoms with E-state index in [9.17, 15) is 18.4 Å². The average Bonchev–Trinajstić information content (AvgIpc) is 2.29. The molecule has 5 nitrogen and oxygen atoms in total. The maximum Gasteiger partial charge on any atom is 0.328 e. The quantitative estimate of drug-likeness (QED) is 0.785. The number of H-pyrrole nitrogens is 1. The summed E-state index contributed by atoms with van der Waals surface area (Å²) in [6, 6.07) is -0.759. The Morgan fingerprint density at radius 3 is 2.82 bits per heavy atom. The fourth-order valence-corrected chi connectivity index (χ4v) is 2.11. The molecule has 0 bridgehead atoms. The number of hydrogen-bond acceptors (Lipinski definition) is 3. The first-order valence-corrected chi connectivity index (χ1v) is 5.30. The third kappa shape index (κ3) is 2.02. The lowest BCUT2D eigenvalue weighted by atomic mass is 9.76. The molecule has 1 aliphatic carbocycles. The van der Waals surface area contributed by atoms with Crippen LogP contribution in [0.2, 0.25) is 0 Å². The van der Waals surface area contributed by atoms with Crippen molar-refractivity contribution in [2.75, 3.05) is 6.61 Å². The Labute approximate surface area is 94.7 Å². The van der Waals surface area contributed by atoms with Gasteiger partial charge < -0.3 is 5.11 Å². The van der Waals surface area contributed by atoms with E-state index in [-0.39, 0.29) is 12.5 Å². The van der Waals surface area contributed by atoms with E-state index in [2.05, 4.69) is 0 Å². The lowest BCUT2D eigenvalue weighted by Gasteiger charge is -2.39. The van der Waals surface area contributed by atoms with Gasteiger partial charge in [0.25, 0.3) is 5.56 Å². The van der Waals surface area contributed by atoms with Crippen LogP contribution in [0, 0.1) is 11.7 Å². The third-order valence-electron chi connectivity index (χ3n) is 3.14. The van der Waals surface area contributed by atoms with E-state index >= 15 is 0 Å². The number of alkyl halides is 1. The van der Waals surface area contributed by atoms with E-state index in [0.717, 1.165) is 10.8 Å². The standard InChI is InChI=1S/C10H12F2N2O3/c11-6-4-14(10(17)13-9(6)16)7-3-5(1-2-15)8(7)12/h4-5,7-8,15H,1-3H2,(H,13,16,17)/t5-,7+,8?/m0/s1. The van der Waals surface area contributed by atoms with Crippen molar-refractivity contribution in [2.45, 2.75) is 25.1 Å². The Kier molecular flexibility index (Phi) is 3.10. The largest absolute Gasteiger partial charge is 0.396 e. The summed E-state index contributed by atoms with van der Waals surface area (Å²) in [5.41, 5.74) is -1.92. The number of halogens is 2. The summed E-state index contributed by atoms with van der Waals surface area (Å²) in [4.78, 5) is 23.9. The molecular weight excluding hydrogens is 234 g/mol. The maximum absolute atomic E-state index is 13.6. The zero-order valence-electron chi connectivity index (χ0n) is 8.90. The predicted molar refractivity (Wildman–Crippen MR) is 55.0 cm³/mol. The molecule has 1 aliphatic rings. The van der Waals surface area contributed by atoms with Crippen LogP contribution in [0.4, 0.5) is 8.78 Å². The Bertz CT molecular complexity index is 525. The second-order valence-electron chi connectivity index (χ2n) is 4.16. The van der Waals surface area contributed by atoms with E-state index in [0.29, 0.717) is 12.8 Å². The first-order valence-electron chi connectivity index (χ1n) is 5.30. The molecule has 94 valence electrons. The first kappa shape index (κ1) is 12.0. The van der Waals surface area contributed by atoms with Crippen LogP contribution in [0.15, 0.2) is 15.8 Å². The van der Waals surface area contributed by atoms with Crippen LogP contribution in [-0.2, 0) is 0 Å². The number of aliphatic hydroxyl groups is 1. The fraction of sp³-hybridized carbons (Fsp3) is 0.600. The number of nitrogens with one attached hydrogen (secondary N) is 1. The van der Waals surface area contributed by atoms with Gasteiger partial charge in [0, 0.05) is 6.61 Å². The molecule has 1 heterocycles. The summed E-state index contributed by atoms with van der Waals surface area (Å²) >= 11 is 0. The molecule has 1 saturated carbocycles. The monoisotopic (exact) mass is 246 g/mol. The lowest BCUT2D eigenvalue weighted by molar-refractivity contribution is 0.0192. The van der Waals surface area contributed by atoms with Gasteiger partial charge >= 0.3 is 5.69 Å². The molecule has 0 spiro atoms. The summed E-state index contributed by atoms with van der Waals surface area (Å²) < 4.78 is 27.5. The Morgan fingerprint density at radius 2 is 2.24 bits per heavy atom. The number of aromatic amines is 1. The van der Waals surface area contributed by atoms with Crippen LogP contribution < -0.4 is 11.2 Å². The smallest absolute Gasteiger partial charge is 0.328 e. The summed E-state index contributed by atoms with van der Waals surface area (Å²) in [6.07, 6.45) is 0.101. The highest BCUT2D eigenvalue weighted by atomic mass is 19.1. The van der Waals surface area contributed by atoms with Gasteiger partial charge in [0.2, 0.25) is 5.82 Å². The molecule has 0 radical (unpaired) electrons. The van der Waals surface area contributed by atoms with E-state index in [4.69, 9.17) is 5.11 Å². The molecule has 2 N–H and O–H groups in total. The van der Waals surface area contributed by atoms with E-state index < -0.39 is 29.3 Å². The van der Waals surface area contributed by atoms with Gasteiger partial charge in [-0.3, -0.25) is 14.3 Å². The Balaban J connectivity index is 2.23. The molecule has 7 heteroatoms. The van der Waals surface area contributed by atoms with E-state index in [1.165, 1.54) is 0 Å². The summed E-state index contributed by atoms with van der Waals surface area (Å²) in [7, 11) is 0. The van der Waals surface area contributed by atoms with Crippen molar-refractivity contribution in [3.63, 3.8) is 0 Å². The van der Waals surface area contributed by atoms with Crippen LogP contribution in [0.3, 0.4) is 0 Å². The van der Waals surface area contributed by atoms with Crippen LogP contribution >= 0.6 is 0 Å². The minimum atomic E-state index is -1.30. The molecule has 17 heavy (non-hydrogen) atoms. The van der Waals surface area contributed by atoms with Crippen molar-refractivity contribution in [3.05, 3.63) is 32.9 Å². The van der Waals surface area contributed by atoms with Gasteiger partial charge in [-0.25, -0.2) is 9.18 Å². The number of aromatic nitrogens is 2. The summed E-state index contributed by atoms with van der Waals surface area (Å²) in [5.74, 6) is -1.42. The highest BCUT2D eigenvalue weighted by Crippen LogP contribution is 2.41. The number of hydrogen-bond donors (Lipinski definition) is 2. The van der Waals surface area contributed by atoms with Gasteiger partial charge in [0.15, 0.2) is 0 Å². The minimum Gasteiger partial charge on any atom is -0.396 e. The molecule has 2 rings (SSSR count). The molecule has 1 aromatic rings. The molecule has 1 aromatic heterocycles. The second kappa shape index (κ2) is 4.40. The van der Waals surface area contributed by atoms with Gasteiger partial charge in [-0.05, 0) is 18.8 Å². The fourth-order valence-electron chi connectivity index (χ4n) is 2.11. The zero-order valence-corrected chi connectivity index (χ0v) is 8.90. The SMILES string of the molecule is O=c1[nH]c(=O)n([C@@H]2C[C@H](CCO)C2F)cc1F. The predicted octanol–water partition coefficient (Wildman–Crippen LogP) is -0.0428. The van der Waals surface area contributed by atoms with Crippen LogP contribution in [0.1, 0.15) is 18.9 Å². The lowest BCUT2D eigenvalue weighted by Crippen LogP contribution is -2.46. The van der Waals surface area contributed by atoms with Crippen molar-refractivity contribution in [1.29, 1.82) is 0 Å². The molecule has 3 atom stereocenters. The van der Waals surface area contributed by atoms with E-state index in [1.807, 2.05) is 0 Å². The topological polar surface area (TPSA) is 75.1 Å². The van der Waals surface area contributed by atoms with Crippen molar-refractivity contribution in [2.24, 2.45) is 5.92 Å². The van der Waals surface area contributed by atoms with Crippen LogP contribution in [-0.4, -0.2) is 27.4 Å². The van der Waals surface area contributed by atoms with Gasteiger partial charge in [0.1, 0.15) is 6.17 Å². The van der Waals surface area contributed by atoms with Crippen LogP contribution in [0.25, 0.3) is 0 Å². The first-order chi connectivity index (χ1) is 8.04. The highest BCUT2D eigenvalue weighted by Gasteiger charge is 2.42. The van der Waals surface area contributed by atoms with Crippen molar-refractivity contribution >= 4 is 0 Å². The van der Waals surface area contributed by atoms with Gasteiger partial charge in [0.05, 0.1) is 12.2 Å². The second-order valence-corrected chi connectivity index (χ2v) is 4.16. The summed E-state index contributed by atoms with van der Waals surface area (Å²) in [5, 5.41) is 8.67. The number of nitrogens with zero attached hydrogens (tertiary/aromatic N) is 1. The van der Waals surface area contributed by atoms with Crippen molar-refractivity contribution < 1.29 is 13.9 Å². The van der Waals surface area contributed by atoms with Gasteiger partial charge in [-0.1, -0.05) is 0 Å². The third-order valence-corrected chi connectivity index (χ3v) is 3.14. The van der Waals surface area contributed by atoms with Crippen molar-refractivity contribution in [1.82, 2.24) is 9.55 Å².